The van der Waals surface area contributed by atoms with Gasteiger partial charge in [0.25, 0.3) is 0 Å². The molecule has 1 aliphatic rings. The van der Waals surface area contributed by atoms with Crippen LogP contribution >= 0.6 is 0 Å². The first-order chi connectivity index (χ1) is 8.69. The highest BCUT2D eigenvalue weighted by Gasteiger charge is 2.22. The molecular formula is C15H22FNO. The molecule has 100 valence electrons. The summed E-state index contributed by atoms with van der Waals surface area (Å²) in [5.41, 5.74) is 1.11. The second-order valence-corrected chi connectivity index (χ2v) is 5.35. The van der Waals surface area contributed by atoms with E-state index in [9.17, 15) is 9.50 Å². The van der Waals surface area contributed by atoms with Crippen molar-refractivity contribution in [3.8, 4) is 0 Å². The number of nitrogens with one attached hydrogen (secondary N) is 1. The highest BCUT2D eigenvalue weighted by molar-refractivity contribution is 5.19. The molecule has 3 heteroatoms. The summed E-state index contributed by atoms with van der Waals surface area (Å²) in [5, 5.41) is 12.8. The first-order valence-electron chi connectivity index (χ1n) is 6.81. The molecule has 1 saturated carbocycles. The molecule has 1 fully saturated rings. The van der Waals surface area contributed by atoms with Crippen molar-refractivity contribution in [1.82, 2.24) is 5.32 Å². The van der Waals surface area contributed by atoms with Crippen molar-refractivity contribution in [2.75, 3.05) is 6.61 Å². The lowest BCUT2D eigenvalue weighted by molar-refractivity contribution is 0.167. The third-order valence-corrected chi connectivity index (χ3v) is 3.90. The minimum Gasteiger partial charge on any atom is -0.396 e. The van der Waals surface area contributed by atoms with Crippen LogP contribution in [0.5, 0.6) is 0 Å². The summed E-state index contributed by atoms with van der Waals surface area (Å²) in [5.74, 6) is 0.251. The summed E-state index contributed by atoms with van der Waals surface area (Å²) in [6.45, 7) is 2.40. The molecule has 0 bridgehead atoms. The monoisotopic (exact) mass is 251 g/mol. The van der Waals surface area contributed by atoms with Gasteiger partial charge in [0, 0.05) is 18.7 Å². The molecule has 0 saturated heterocycles. The van der Waals surface area contributed by atoms with Gasteiger partial charge in [-0.1, -0.05) is 18.6 Å². The standard InChI is InChI=1S/C15H22FNO/c1-11(13-5-7-14(16)8-6-13)17-15-4-2-3-12(9-15)10-18/h5-8,11-12,15,17-18H,2-4,9-10H2,1H3. The lowest BCUT2D eigenvalue weighted by atomic mass is 9.85. The zero-order valence-electron chi connectivity index (χ0n) is 10.9. The maximum Gasteiger partial charge on any atom is 0.123 e. The van der Waals surface area contributed by atoms with E-state index in [0.717, 1.165) is 18.4 Å². The zero-order valence-corrected chi connectivity index (χ0v) is 10.9. The van der Waals surface area contributed by atoms with Gasteiger partial charge in [0.05, 0.1) is 0 Å². The van der Waals surface area contributed by atoms with Gasteiger partial charge in [-0.3, -0.25) is 0 Å². The Morgan fingerprint density at radius 2 is 2.06 bits per heavy atom. The van der Waals surface area contributed by atoms with E-state index in [-0.39, 0.29) is 11.9 Å². The van der Waals surface area contributed by atoms with Crippen LogP contribution in [-0.2, 0) is 0 Å². The second kappa shape index (κ2) is 6.30. The molecule has 1 aliphatic carbocycles. The molecule has 0 radical (unpaired) electrons. The number of aliphatic hydroxyl groups is 1. The summed E-state index contributed by atoms with van der Waals surface area (Å²) in [6.07, 6.45) is 4.53. The Morgan fingerprint density at radius 1 is 1.33 bits per heavy atom. The van der Waals surface area contributed by atoms with E-state index >= 15 is 0 Å². The van der Waals surface area contributed by atoms with Gasteiger partial charge in [-0.25, -0.2) is 4.39 Å². The van der Waals surface area contributed by atoms with Crippen LogP contribution in [-0.4, -0.2) is 17.8 Å². The predicted molar refractivity (Wildman–Crippen MR) is 70.8 cm³/mol. The highest BCUT2D eigenvalue weighted by Crippen LogP contribution is 2.26. The van der Waals surface area contributed by atoms with Gasteiger partial charge in [0.2, 0.25) is 0 Å². The fraction of sp³-hybridized carbons (Fsp3) is 0.600. The van der Waals surface area contributed by atoms with E-state index < -0.39 is 0 Å². The third-order valence-electron chi connectivity index (χ3n) is 3.90. The minimum atomic E-state index is -0.191. The normalized spacial score (nSPS) is 25.9. The van der Waals surface area contributed by atoms with Crippen molar-refractivity contribution in [1.29, 1.82) is 0 Å². The molecule has 18 heavy (non-hydrogen) atoms. The van der Waals surface area contributed by atoms with Gasteiger partial charge in [0.15, 0.2) is 0 Å². The van der Waals surface area contributed by atoms with Crippen LogP contribution in [0.4, 0.5) is 4.39 Å². The predicted octanol–water partition coefficient (Wildman–Crippen LogP) is 3.03. The topological polar surface area (TPSA) is 32.3 Å². The molecule has 2 nitrogen and oxygen atoms in total. The van der Waals surface area contributed by atoms with Crippen LogP contribution in [0.2, 0.25) is 0 Å². The van der Waals surface area contributed by atoms with E-state index in [4.69, 9.17) is 0 Å². The van der Waals surface area contributed by atoms with Crippen LogP contribution < -0.4 is 5.32 Å². The van der Waals surface area contributed by atoms with Crippen LogP contribution in [0.1, 0.15) is 44.2 Å². The summed E-state index contributed by atoms with van der Waals surface area (Å²) in [7, 11) is 0. The van der Waals surface area contributed by atoms with Crippen molar-refractivity contribution in [3.63, 3.8) is 0 Å². The third kappa shape index (κ3) is 3.53. The molecule has 2 rings (SSSR count). The zero-order chi connectivity index (χ0) is 13.0. The fourth-order valence-electron chi connectivity index (χ4n) is 2.81. The maximum atomic E-state index is 12.9. The Balaban J connectivity index is 1.90. The summed E-state index contributed by atoms with van der Waals surface area (Å²) in [4.78, 5) is 0. The number of hydrogen-bond acceptors (Lipinski definition) is 2. The first kappa shape index (κ1) is 13.5. The minimum absolute atomic E-state index is 0.191. The Bertz CT molecular complexity index is 365. The number of rotatable bonds is 4. The largest absolute Gasteiger partial charge is 0.396 e. The van der Waals surface area contributed by atoms with Crippen LogP contribution in [0.15, 0.2) is 24.3 Å². The molecule has 0 aliphatic heterocycles. The molecule has 3 atom stereocenters. The van der Waals surface area contributed by atoms with Gasteiger partial charge in [-0.2, -0.15) is 0 Å². The van der Waals surface area contributed by atoms with Gasteiger partial charge >= 0.3 is 0 Å². The second-order valence-electron chi connectivity index (χ2n) is 5.35. The smallest absolute Gasteiger partial charge is 0.123 e. The molecule has 0 spiro atoms. The summed E-state index contributed by atoms with van der Waals surface area (Å²) in [6, 6.07) is 7.37. The maximum absolute atomic E-state index is 12.9. The van der Waals surface area contributed by atoms with Gasteiger partial charge in [0.1, 0.15) is 5.82 Å². The van der Waals surface area contributed by atoms with Crippen molar-refractivity contribution in [2.45, 2.75) is 44.7 Å². The first-order valence-corrected chi connectivity index (χ1v) is 6.81. The summed E-state index contributed by atoms with van der Waals surface area (Å²) < 4.78 is 12.9. The average molecular weight is 251 g/mol. The van der Waals surface area contributed by atoms with Crippen molar-refractivity contribution in [3.05, 3.63) is 35.6 Å². The van der Waals surface area contributed by atoms with E-state index in [0.29, 0.717) is 18.6 Å². The van der Waals surface area contributed by atoms with Gasteiger partial charge in [-0.15, -0.1) is 0 Å². The van der Waals surface area contributed by atoms with Crippen LogP contribution in [0.3, 0.4) is 0 Å². The van der Waals surface area contributed by atoms with Crippen molar-refractivity contribution >= 4 is 0 Å². The quantitative estimate of drug-likeness (QED) is 0.862. The molecule has 1 aromatic rings. The van der Waals surface area contributed by atoms with E-state index in [1.54, 1.807) is 0 Å². The van der Waals surface area contributed by atoms with E-state index in [1.807, 2.05) is 12.1 Å². The molecule has 1 aromatic carbocycles. The Labute approximate surface area is 108 Å². The average Bonchev–Trinajstić information content (AvgIpc) is 2.39. The number of halogens is 1. The molecule has 3 unspecified atom stereocenters. The number of aliphatic hydroxyl groups excluding tert-OH is 1. The van der Waals surface area contributed by atoms with E-state index in [1.165, 1.54) is 25.0 Å². The molecule has 2 N–H and O–H groups in total. The molecule has 0 heterocycles. The number of hydrogen-bond donors (Lipinski definition) is 2. The van der Waals surface area contributed by atoms with Gasteiger partial charge < -0.3 is 10.4 Å². The highest BCUT2D eigenvalue weighted by atomic mass is 19.1. The summed E-state index contributed by atoms with van der Waals surface area (Å²) >= 11 is 0. The Hall–Kier alpha value is -0.930. The van der Waals surface area contributed by atoms with Crippen LogP contribution in [0, 0.1) is 11.7 Å². The molecular weight excluding hydrogens is 229 g/mol. The van der Waals surface area contributed by atoms with Crippen molar-refractivity contribution in [2.24, 2.45) is 5.92 Å². The van der Waals surface area contributed by atoms with Crippen LogP contribution in [0.25, 0.3) is 0 Å². The fourth-order valence-corrected chi connectivity index (χ4v) is 2.81. The molecule has 0 amide bonds. The SMILES string of the molecule is CC(NC1CCCC(CO)C1)c1ccc(F)cc1. The lowest BCUT2D eigenvalue weighted by Gasteiger charge is -2.31. The lowest BCUT2D eigenvalue weighted by Crippen LogP contribution is -2.36. The molecule has 0 aromatic heterocycles. The van der Waals surface area contributed by atoms with Crippen molar-refractivity contribution < 1.29 is 9.50 Å². The number of benzene rings is 1. The Morgan fingerprint density at radius 3 is 2.72 bits per heavy atom. The van der Waals surface area contributed by atoms with E-state index in [2.05, 4.69) is 12.2 Å². The van der Waals surface area contributed by atoms with Gasteiger partial charge in [-0.05, 0) is 49.8 Å². The Kier molecular flexibility index (Phi) is 4.72.